The molecule has 2 fully saturated rings. The van der Waals surface area contributed by atoms with Crippen molar-refractivity contribution in [1.29, 1.82) is 0 Å². The van der Waals surface area contributed by atoms with Gasteiger partial charge in [-0.2, -0.15) is 0 Å². The second-order valence-electron chi connectivity index (χ2n) is 7.01. The number of carbonyl (C=O) groups excluding carboxylic acids is 2. The first-order valence-corrected chi connectivity index (χ1v) is 8.57. The van der Waals surface area contributed by atoms with Crippen molar-refractivity contribution in [2.24, 2.45) is 5.92 Å². The molecule has 0 aromatic heterocycles. The summed E-state index contributed by atoms with van der Waals surface area (Å²) in [7, 11) is 0. The molecule has 0 radical (unpaired) electrons. The Morgan fingerprint density at radius 1 is 1.25 bits per heavy atom. The lowest BCUT2D eigenvalue weighted by Gasteiger charge is -2.29. The van der Waals surface area contributed by atoms with Crippen molar-refractivity contribution in [2.45, 2.75) is 45.2 Å². The summed E-state index contributed by atoms with van der Waals surface area (Å²) in [6, 6.07) is 6.02. The average Bonchev–Trinajstić information content (AvgIpc) is 3.11. The molecule has 1 aromatic carbocycles. The van der Waals surface area contributed by atoms with Crippen LogP contribution in [-0.4, -0.2) is 42.1 Å². The van der Waals surface area contributed by atoms with Gasteiger partial charge in [0.2, 0.25) is 18.6 Å². The van der Waals surface area contributed by atoms with Gasteiger partial charge in [0.25, 0.3) is 0 Å². The van der Waals surface area contributed by atoms with Gasteiger partial charge in [-0.1, -0.05) is 0 Å². The highest BCUT2D eigenvalue weighted by Gasteiger charge is 2.42. The molecular formula is C18H22N2O4. The SMILES string of the molecule is CC(C)N(C(=O)C1CC(=O)N(c2ccc3c(c2)OCO3)C1)C1CC1. The minimum absolute atomic E-state index is 0.00767. The Morgan fingerprint density at radius 3 is 2.71 bits per heavy atom. The molecule has 0 bridgehead atoms. The first kappa shape index (κ1) is 15.3. The lowest BCUT2D eigenvalue weighted by Crippen LogP contribution is -2.43. The summed E-state index contributed by atoms with van der Waals surface area (Å²) in [5, 5.41) is 0. The van der Waals surface area contributed by atoms with Crippen LogP contribution in [0.1, 0.15) is 33.1 Å². The number of carbonyl (C=O) groups is 2. The van der Waals surface area contributed by atoms with E-state index in [-0.39, 0.29) is 37.0 Å². The van der Waals surface area contributed by atoms with Crippen LogP contribution < -0.4 is 14.4 Å². The van der Waals surface area contributed by atoms with E-state index in [0.717, 1.165) is 18.5 Å². The van der Waals surface area contributed by atoms with Crippen LogP contribution >= 0.6 is 0 Å². The molecule has 1 unspecified atom stereocenters. The van der Waals surface area contributed by atoms with Gasteiger partial charge in [0, 0.05) is 36.8 Å². The maximum atomic E-state index is 12.9. The van der Waals surface area contributed by atoms with Crippen molar-refractivity contribution >= 4 is 17.5 Å². The van der Waals surface area contributed by atoms with Crippen LogP contribution in [0.3, 0.4) is 0 Å². The normalized spacial score (nSPS) is 22.4. The van der Waals surface area contributed by atoms with E-state index in [1.165, 1.54) is 0 Å². The molecule has 24 heavy (non-hydrogen) atoms. The second-order valence-corrected chi connectivity index (χ2v) is 7.01. The standard InChI is InChI=1S/C18H22N2O4/c1-11(2)20(13-3-4-13)18(22)12-7-17(21)19(9-12)14-5-6-15-16(8-14)24-10-23-15/h5-6,8,11-13H,3-4,7,9-10H2,1-2H3. The number of hydrogen-bond donors (Lipinski definition) is 0. The molecule has 1 saturated carbocycles. The number of amides is 2. The Kier molecular flexibility index (Phi) is 3.62. The van der Waals surface area contributed by atoms with Gasteiger partial charge in [-0.15, -0.1) is 0 Å². The molecule has 1 aliphatic carbocycles. The number of fused-ring (bicyclic) bond motifs is 1. The molecule has 2 aliphatic heterocycles. The summed E-state index contributed by atoms with van der Waals surface area (Å²) in [4.78, 5) is 29.0. The van der Waals surface area contributed by atoms with Crippen LogP contribution in [0, 0.1) is 5.92 Å². The number of ether oxygens (including phenoxy) is 2. The quantitative estimate of drug-likeness (QED) is 0.849. The third kappa shape index (κ3) is 2.60. The zero-order valence-electron chi connectivity index (χ0n) is 14.0. The Hall–Kier alpha value is -2.24. The first-order chi connectivity index (χ1) is 11.5. The molecule has 1 atom stereocenters. The monoisotopic (exact) mass is 330 g/mol. The topological polar surface area (TPSA) is 59.1 Å². The lowest BCUT2D eigenvalue weighted by molar-refractivity contribution is -0.138. The highest BCUT2D eigenvalue weighted by atomic mass is 16.7. The van der Waals surface area contributed by atoms with Gasteiger partial charge in [0.1, 0.15) is 0 Å². The summed E-state index contributed by atoms with van der Waals surface area (Å²) < 4.78 is 10.7. The van der Waals surface area contributed by atoms with Crippen molar-refractivity contribution in [3.8, 4) is 11.5 Å². The first-order valence-electron chi connectivity index (χ1n) is 8.57. The van der Waals surface area contributed by atoms with Gasteiger partial charge in [-0.05, 0) is 38.8 Å². The predicted octanol–water partition coefficient (Wildman–Crippen LogP) is 2.17. The van der Waals surface area contributed by atoms with Crippen LogP contribution in [0.15, 0.2) is 18.2 Å². The zero-order valence-corrected chi connectivity index (χ0v) is 14.0. The van der Waals surface area contributed by atoms with E-state index in [0.29, 0.717) is 24.1 Å². The molecule has 1 aromatic rings. The average molecular weight is 330 g/mol. The summed E-state index contributed by atoms with van der Waals surface area (Å²) in [5.41, 5.74) is 0.766. The van der Waals surface area contributed by atoms with Crippen molar-refractivity contribution in [3.63, 3.8) is 0 Å². The predicted molar refractivity (Wildman–Crippen MR) is 88.0 cm³/mol. The Bertz CT molecular complexity index is 682. The number of hydrogen-bond acceptors (Lipinski definition) is 4. The largest absolute Gasteiger partial charge is 0.454 e. The number of rotatable bonds is 4. The smallest absolute Gasteiger partial charge is 0.231 e. The molecule has 4 rings (SSSR count). The summed E-state index contributed by atoms with van der Waals surface area (Å²) in [5.74, 6) is 1.19. The highest BCUT2D eigenvalue weighted by Crippen LogP contribution is 2.38. The maximum absolute atomic E-state index is 12.9. The van der Waals surface area contributed by atoms with Crippen LogP contribution in [-0.2, 0) is 9.59 Å². The fraction of sp³-hybridized carbons (Fsp3) is 0.556. The van der Waals surface area contributed by atoms with Gasteiger partial charge in [0.05, 0.1) is 5.92 Å². The summed E-state index contributed by atoms with van der Waals surface area (Å²) in [6.45, 7) is 4.73. The van der Waals surface area contributed by atoms with Gasteiger partial charge >= 0.3 is 0 Å². The van der Waals surface area contributed by atoms with Gasteiger partial charge in [-0.3, -0.25) is 9.59 Å². The van der Waals surface area contributed by atoms with Crippen molar-refractivity contribution in [2.75, 3.05) is 18.2 Å². The number of benzene rings is 1. The van der Waals surface area contributed by atoms with Gasteiger partial charge in [-0.25, -0.2) is 0 Å². The minimum atomic E-state index is -0.258. The van der Waals surface area contributed by atoms with E-state index in [9.17, 15) is 9.59 Å². The second kappa shape index (κ2) is 5.69. The molecular weight excluding hydrogens is 308 g/mol. The molecule has 6 nitrogen and oxygen atoms in total. The summed E-state index contributed by atoms with van der Waals surface area (Å²) >= 11 is 0. The zero-order chi connectivity index (χ0) is 16.8. The third-order valence-electron chi connectivity index (χ3n) is 4.89. The van der Waals surface area contributed by atoms with Gasteiger partial charge in [0.15, 0.2) is 11.5 Å². The molecule has 6 heteroatoms. The van der Waals surface area contributed by atoms with E-state index in [1.807, 2.05) is 36.9 Å². The van der Waals surface area contributed by atoms with Crippen LogP contribution in [0.4, 0.5) is 5.69 Å². The fourth-order valence-electron chi connectivity index (χ4n) is 3.60. The van der Waals surface area contributed by atoms with E-state index in [4.69, 9.17) is 9.47 Å². The third-order valence-corrected chi connectivity index (χ3v) is 4.89. The highest BCUT2D eigenvalue weighted by molar-refractivity contribution is 6.00. The van der Waals surface area contributed by atoms with E-state index in [1.54, 1.807) is 4.90 Å². The van der Waals surface area contributed by atoms with Crippen molar-refractivity contribution in [1.82, 2.24) is 4.90 Å². The molecule has 2 amide bonds. The van der Waals surface area contributed by atoms with Crippen LogP contribution in [0.2, 0.25) is 0 Å². The lowest BCUT2D eigenvalue weighted by atomic mass is 10.1. The number of nitrogens with zero attached hydrogens (tertiary/aromatic N) is 2. The fourth-order valence-corrected chi connectivity index (χ4v) is 3.60. The van der Waals surface area contributed by atoms with E-state index < -0.39 is 0 Å². The molecule has 3 aliphatic rings. The molecule has 128 valence electrons. The molecule has 0 N–H and O–H groups in total. The number of anilines is 1. The van der Waals surface area contributed by atoms with Crippen LogP contribution in [0.5, 0.6) is 11.5 Å². The van der Waals surface area contributed by atoms with Crippen LogP contribution in [0.25, 0.3) is 0 Å². The van der Waals surface area contributed by atoms with E-state index >= 15 is 0 Å². The molecule has 2 heterocycles. The van der Waals surface area contributed by atoms with Crippen molar-refractivity contribution < 1.29 is 19.1 Å². The Morgan fingerprint density at radius 2 is 2.00 bits per heavy atom. The summed E-state index contributed by atoms with van der Waals surface area (Å²) in [6.07, 6.45) is 2.44. The van der Waals surface area contributed by atoms with Crippen molar-refractivity contribution in [3.05, 3.63) is 18.2 Å². The maximum Gasteiger partial charge on any atom is 0.231 e. The molecule has 0 spiro atoms. The Balaban J connectivity index is 1.51. The Labute approximate surface area is 141 Å². The van der Waals surface area contributed by atoms with Gasteiger partial charge < -0.3 is 19.3 Å². The van der Waals surface area contributed by atoms with E-state index in [2.05, 4.69) is 0 Å². The molecule has 1 saturated heterocycles. The minimum Gasteiger partial charge on any atom is -0.454 e.